The summed E-state index contributed by atoms with van der Waals surface area (Å²) in [5, 5.41) is 12.6. The van der Waals surface area contributed by atoms with Gasteiger partial charge in [-0.15, -0.1) is 10.2 Å². The van der Waals surface area contributed by atoms with Crippen LogP contribution in [-0.4, -0.2) is 37.5 Å². The van der Waals surface area contributed by atoms with Gasteiger partial charge in [0.2, 0.25) is 11.1 Å². The Kier molecular flexibility index (Phi) is 7.17. The quantitative estimate of drug-likeness (QED) is 0.273. The molecule has 0 aliphatic heterocycles. The van der Waals surface area contributed by atoms with E-state index in [0.717, 1.165) is 29.7 Å². The Morgan fingerprint density at radius 2 is 1.82 bits per heavy atom. The van der Waals surface area contributed by atoms with E-state index in [1.165, 1.54) is 36.0 Å². The Morgan fingerprint density at radius 3 is 2.58 bits per heavy atom. The molecule has 0 atom stereocenters. The molecule has 4 aromatic rings. The molecule has 4 rings (SSSR count). The van der Waals surface area contributed by atoms with Crippen molar-refractivity contribution in [2.24, 2.45) is 0 Å². The van der Waals surface area contributed by atoms with Gasteiger partial charge < -0.3 is 9.88 Å². The molecule has 0 bridgehead atoms. The van der Waals surface area contributed by atoms with Crippen molar-refractivity contribution in [2.75, 3.05) is 5.75 Å². The normalized spacial score (nSPS) is 11.5. The second kappa shape index (κ2) is 10.2. The first kappa shape index (κ1) is 23.1. The number of amides is 1. The maximum atomic E-state index is 13.9. The van der Waals surface area contributed by atoms with Crippen molar-refractivity contribution in [3.63, 3.8) is 0 Å². The summed E-state index contributed by atoms with van der Waals surface area (Å²) in [6, 6.07) is 11.0. The molecule has 33 heavy (non-hydrogen) atoms. The number of nitrogens with zero attached hydrogens (tertiary/aromatic N) is 4. The van der Waals surface area contributed by atoms with Crippen molar-refractivity contribution in [2.45, 2.75) is 50.9 Å². The molecule has 0 aliphatic rings. The minimum absolute atomic E-state index is 0.0619. The van der Waals surface area contributed by atoms with Gasteiger partial charge in [0, 0.05) is 30.1 Å². The van der Waals surface area contributed by atoms with Crippen LogP contribution >= 0.6 is 11.8 Å². The lowest BCUT2D eigenvalue weighted by molar-refractivity contribution is -0.121. The van der Waals surface area contributed by atoms with Crippen LogP contribution in [-0.2, 0) is 11.3 Å². The summed E-state index contributed by atoms with van der Waals surface area (Å²) in [4.78, 5) is 16.4. The SMILES string of the molecule is CC(C)NC(=O)CCCCSc1nnc2c3cc(F)ccc3n(Cc3ccc(F)cc3)c2n1. The van der Waals surface area contributed by atoms with Crippen LogP contribution in [0.1, 0.15) is 38.7 Å². The Bertz CT molecular complexity index is 1270. The number of carbonyl (C=O) groups excluding carboxylic acids is 1. The predicted molar refractivity (Wildman–Crippen MR) is 126 cm³/mol. The van der Waals surface area contributed by atoms with Crippen LogP contribution in [0.2, 0.25) is 0 Å². The van der Waals surface area contributed by atoms with E-state index in [2.05, 4.69) is 15.5 Å². The highest BCUT2D eigenvalue weighted by atomic mass is 32.2. The van der Waals surface area contributed by atoms with Crippen LogP contribution in [0.25, 0.3) is 22.1 Å². The zero-order valence-electron chi connectivity index (χ0n) is 18.5. The van der Waals surface area contributed by atoms with Crippen LogP contribution in [0.5, 0.6) is 0 Å². The monoisotopic (exact) mass is 469 g/mol. The molecule has 0 saturated carbocycles. The minimum Gasteiger partial charge on any atom is -0.354 e. The van der Waals surface area contributed by atoms with Crippen molar-refractivity contribution in [1.29, 1.82) is 0 Å². The van der Waals surface area contributed by atoms with E-state index in [4.69, 9.17) is 4.98 Å². The van der Waals surface area contributed by atoms with Crippen molar-refractivity contribution < 1.29 is 13.6 Å². The molecule has 172 valence electrons. The summed E-state index contributed by atoms with van der Waals surface area (Å²) in [6.45, 7) is 4.33. The van der Waals surface area contributed by atoms with Crippen molar-refractivity contribution in [3.8, 4) is 0 Å². The van der Waals surface area contributed by atoms with E-state index in [-0.39, 0.29) is 23.6 Å². The number of hydrogen-bond donors (Lipinski definition) is 1. The number of thioether (sulfide) groups is 1. The zero-order valence-corrected chi connectivity index (χ0v) is 19.3. The molecule has 2 aromatic heterocycles. The predicted octanol–water partition coefficient (Wildman–Crippen LogP) is 5.09. The Hall–Kier alpha value is -3.07. The lowest BCUT2D eigenvalue weighted by Crippen LogP contribution is -2.29. The number of nitrogens with one attached hydrogen (secondary N) is 1. The first-order chi connectivity index (χ1) is 15.9. The van der Waals surface area contributed by atoms with Crippen LogP contribution in [0.15, 0.2) is 47.6 Å². The van der Waals surface area contributed by atoms with E-state index in [1.807, 2.05) is 18.4 Å². The summed E-state index contributed by atoms with van der Waals surface area (Å²) in [6.07, 6.45) is 2.13. The Labute approximate surface area is 194 Å². The van der Waals surface area contributed by atoms with Gasteiger partial charge in [-0.2, -0.15) is 0 Å². The van der Waals surface area contributed by atoms with E-state index < -0.39 is 0 Å². The number of benzene rings is 2. The molecule has 9 heteroatoms. The van der Waals surface area contributed by atoms with Crippen LogP contribution in [0.3, 0.4) is 0 Å². The van der Waals surface area contributed by atoms with Crippen molar-refractivity contribution in [1.82, 2.24) is 25.1 Å². The van der Waals surface area contributed by atoms with Crippen LogP contribution in [0, 0.1) is 11.6 Å². The van der Waals surface area contributed by atoms with Crippen LogP contribution < -0.4 is 5.32 Å². The highest BCUT2D eigenvalue weighted by Gasteiger charge is 2.16. The van der Waals surface area contributed by atoms with E-state index in [0.29, 0.717) is 34.7 Å². The number of aromatic nitrogens is 4. The topological polar surface area (TPSA) is 72.7 Å². The second-order valence-electron chi connectivity index (χ2n) is 8.17. The van der Waals surface area contributed by atoms with Crippen molar-refractivity contribution in [3.05, 3.63) is 59.7 Å². The molecular weight excluding hydrogens is 444 g/mol. The molecule has 0 spiro atoms. The van der Waals surface area contributed by atoms with Gasteiger partial charge in [0.05, 0.1) is 5.52 Å². The van der Waals surface area contributed by atoms with Gasteiger partial charge in [-0.1, -0.05) is 23.9 Å². The van der Waals surface area contributed by atoms with E-state index in [1.54, 1.807) is 18.2 Å². The molecular formula is C24H25F2N5OS. The summed E-state index contributed by atoms with van der Waals surface area (Å²) in [5.74, 6) is 0.166. The molecule has 1 N–H and O–H groups in total. The number of hydrogen-bond acceptors (Lipinski definition) is 5. The first-order valence-corrected chi connectivity index (χ1v) is 11.9. The molecule has 2 heterocycles. The average Bonchev–Trinajstić information content (AvgIpc) is 3.06. The standard InChI is InChI=1S/C24H25F2N5OS/c1-15(2)27-21(32)5-3-4-12-33-24-28-23-22(29-30-24)19-13-18(26)10-11-20(19)31(23)14-16-6-8-17(25)9-7-16/h6-11,13,15H,3-5,12,14H2,1-2H3,(H,27,32). The fourth-order valence-corrected chi connectivity index (χ4v) is 4.43. The Balaban J connectivity index is 1.53. The molecule has 6 nitrogen and oxygen atoms in total. The summed E-state index contributed by atoms with van der Waals surface area (Å²) >= 11 is 1.48. The van der Waals surface area contributed by atoms with Gasteiger partial charge in [-0.25, -0.2) is 13.8 Å². The highest BCUT2D eigenvalue weighted by molar-refractivity contribution is 7.99. The van der Waals surface area contributed by atoms with E-state index >= 15 is 0 Å². The molecule has 0 radical (unpaired) electrons. The first-order valence-electron chi connectivity index (χ1n) is 10.9. The maximum absolute atomic E-state index is 13.9. The smallest absolute Gasteiger partial charge is 0.220 e. The van der Waals surface area contributed by atoms with E-state index in [9.17, 15) is 13.6 Å². The third-order valence-corrected chi connectivity index (χ3v) is 6.07. The molecule has 0 unspecified atom stereocenters. The third-order valence-electron chi connectivity index (χ3n) is 5.14. The summed E-state index contributed by atoms with van der Waals surface area (Å²) in [7, 11) is 0. The van der Waals surface area contributed by atoms with Gasteiger partial charge >= 0.3 is 0 Å². The zero-order chi connectivity index (χ0) is 23.4. The summed E-state index contributed by atoms with van der Waals surface area (Å²) < 4.78 is 29.2. The largest absolute Gasteiger partial charge is 0.354 e. The third kappa shape index (κ3) is 5.65. The van der Waals surface area contributed by atoms with Crippen molar-refractivity contribution >= 4 is 39.7 Å². The molecule has 2 aromatic carbocycles. The summed E-state index contributed by atoms with van der Waals surface area (Å²) in [5.41, 5.74) is 2.82. The number of carbonyl (C=O) groups is 1. The van der Waals surface area contributed by atoms with Crippen LogP contribution in [0.4, 0.5) is 8.78 Å². The molecule has 0 aliphatic carbocycles. The fourth-order valence-electron chi connectivity index (χ4n) is 3.65. The second-order valence-corrected chi connectivity index (χ2v) is 9.23. The lowest BCUT2D eigenvalue weighted by atomic mass is 10.2. The van der Waals surface area contributed by atoms with Gasteiger partial charge in [-0.05, 0) is 62.6 Å². The number of rotatable bonds is 9. The molecule has 0 saturated heterocycles. The highest BCUT2D eigenvalue weighted by Crippen LogP contribution is 2.29. The number of halogens is 2. The van der Waals surface area contributed by atoms with Gasteiger partial charge in [0.25, 0.3) is 0 Å². The lowest BCUT2D eigenvalue weighted by Gasteiger charge is -2.08. The molecule has 0 fully saturated rings. The minimum atomic E-state index is -0.356. The Morgan fingerprint density at radius 1 is 1.06 bits per heavy atom. The van der Waals surface area contributed by atoms with Gasteiger partial charge in [0.15, 0.2) is 5.65 Å². The van der Waals surface area contributed by atoms with Gasteiger partial charge in [-0.3, -0.25) is 4.79 Å². The number of fused-ring (bicyclic) bond motifs is 3. The van der Waals surface area contributed by atoms with Gasteiger partial charge in [0.1, 0.15) is 17.2 Å². The molecule has 1 amide bonds. The maximum Gasteiger partial charge on any atom is 0.220 e. The average molecular weight is 470 g/mol. The fraction of sp³-hybridized carbons (Fsp3) is 0.333. The number of unbranched alkanes of at least 4 members (excludes halogenated alkanes) is 1.